The number of carbonyl (C=O) groups is 2. The second kappa shape index (κ2) is 10.2. The number of piperidine rings is 1. The molecule has 1 saturated heterocycles. The number of hydrogen-bond donors (Lipinski definition) is 2. The highest BCUT2D eigenvalue weighted by Crippen LogP contribution is 2.11. The molecule has 0 saturated carbocycles. The summed E-state index contributed by atoms with van der Waals surface area (Å²) in [6.45, 7) is 2.48. The fraction of sp³-hybridized carbons (Fsp3) is 0.533. The van der Waals surface area contributed by atoms with E-state index in [0.717, 1.165) is 13.1 Å². The monoisotopic (exact) mass is 433 g/mol. The molecule has 2 N–H and O–H groups in total. The van der Waals surface area contributed by atoms with Gasteiger partial charge in [-0.05, 0) is 18.6 Å². The number of hydrogen-bond acceptors (Lipinski definition) is 3. The van der Waals surface area contributed by atoms with Crippen molar-refractivity contribution in [3.8, 4) is 0 Å². The summed E-state index contributed by atoms with van der Waals surface area (Å²) in [6, 6.07) is 3.97. The summed E-state index contributed by atoms with van der Waals surface area (Å²) in [7, 11) is 1.70. The third-order valence-corrected chi connectivity index (χ3v) is 3.56. The van der Waals surface area contributed by atoms with Crippen LogP contribution in [0.25, 0.3) is 0 Å². The van der Waals surface area contributed by atoms with Crippen LogP contribution in [0, 0.1) is 0 Å². The van der Waals surface area contributed by atoms with Crippen LogP contribution in [0.3, 0.4) is 0 Å². The highest BCUT2D eigenvalue weighted by Gasteiger charge is 2.25. The van der Waals surface area contributed by atoms with Crippen LogP contribution in [0.5, 0.6) is 0 Å². The fourth-order valence-electron chi connectivity index (χ4n) is 2.38. The maximum absolute atomic E-state index is 11.7. The number of likely N-dealkylation sites (tertiary alicyclic amines) is 1. The van der Waals surface area contributed by atoms with Crippen LogP contribution in [0.4, 0.5) is 0 Å². The lowest BCUT2D eigenvalue weighted by Crippen LogP contribution is -2.46. The number of guanidine groups is 1. The topological polar surface area (TPSA) is 78.7 Å². The molecule has 1 aliphatic heterocycles. The van der Waals surface area contributed by atoms with Crippen molar-refractivity contribution in [1.29, 1.82) is 0 Å². The van der Waals surface area contributed by atoms with Crippen molar-refractivity contribution in [3.05, 3.63) is 24.5 Å². The van der Waals surface area contributed by atoms with Crippen molar-refractivity contribution in [2.75, 3.05) is 26.7 Å². The molecule has 128 valence electrons. The van der Waals surface area contributed by atoms with Crippen LogP contribution in [-0.2, 0) is 16.1 Å². The first kappa shape index (κ1) is 19.5. The molecule has 0 spiro atoms. The van der Waals surface area contributed by atoms with Gasteiger partial charge in [0.05, 0.1) is 0 Å². The average molecular weight is 433 g/mol. The third-order valence-electron chi connectivity index (χ3n) is 3.56. The largest absolute Gasteiger partial charge is 0.355 e. The Balaban J connectivity index is 0.00000264. The van der Waals surface area contributed by atoms with Crippen LogP contribution >= 0.6 is 24.0 Å². The van der Waals surface area contributed by atoms with Crippen LogP contribution in [0.2, 0.25) is 0 Å². The normalized spacial score (nSPS) is 15.3. The molecule has 2 heterocycles. The van der Waals surface area contributed by atoms with Gasteiger partial charge in [0.25, 0.3) is 0 Å². The fourth-order valence-corrected chi connectivity index (χ4v) is 2.38. The molecule has 1 aliphatic rings. The molecule has 2 amide bonds. The van der Waals surface area contributed by atoms with Crippen LogP contribution in [0.1, 0.15) is 19.3 Å². The molecule has 8 heteroatoms. The van der Waals surface area contributed by atoms with Gasteiger partial charge in [0.2, 0.25) is 11.8 Å². The Bertz CT molecular complexity index is 514. The van der Waals surface area contributed by atoms with Gasteiger partial charge < -0.3 is 15.2 Å². The van der Waals surface area contributed by atoms with Crippen LogP contribution in [0.15, 0.2) is 29.5 Å². The second-order valence-corrected chi connectivity index (χ2v) is 5.14. The molecule has 0 radical (unpaired) electrons. The highest BCUT2D eigenvalue weighted by molar-refractivity contribution is 14.0. The Labute approximate surface area is 153 Å². The minimum Gasteiger partial charge on any atom is -0.355 e. The minimum atomic E-state index is -0.0754. The van der Waals surface area contributed by atoms with Gasteiger partial charge in [-0.2, -0.15) is 0 Å². The van der Waals surface area contributed by atoms with Crippen molar-refractivity contribution in [1.82, 2.24) is 20.1 Å². The van der Waals surface area contributed by atoms with E-state index < -0.39 is 0 Å². The maximum Gasteiger partial charge on any atom is 0.229 e. The quantitative estimate of drug-likeness (QED) is 0.301. The first-order chi connectivity index (χ1) is 10.7. The molecule has 1 aromatic heterocycles. The zero-order valence-electron chi connectivity index (χ0n) is 13.3. The molecule has 0 bridgehead atoms. The zero-order valence-corrected chi connectivity index (χ0v) is 15.7. The average Bonchev–Trinajstić information content (AvgIpc) is 3.01. The summed E-state index contributed by atoms with van der Waals surface area (Å²) in [5.41, 5.74) is 0. The number of halogens is 1. The Kier molecular flexibility index (Phi) is 8.67. The highest BCUT2D eigenvalue weighted by atomic mass is 127. The van der Waals surface area contributed by atoms with E-state index in [0.29, 0.717) is 38.3 Å². The number of amides is 2. The Morgan fingerprint density at radius 1 is 1.09 bits per heavy atom. The molecule has 0 atom stereocenters. The lowest BCUT2D eigenvalue weighted by molar-refractivity contribution is -0.147. The first-order valence-electron chi connectivity index (χ1n) is 7.59. The zero-order chi connectivity index (χ0) is 15.8. The van der Waals surface area contributed by atoms with Crippen molar-refractivity contribution in [3.63, 3.8) is 0 Å². The van der Waals surface area contributed by atoms with E-state index in [-0.39, 0.29) is 35.8 Å². The predicted molar refractivity (Wildman–Crippen MR) is 99.8 cm³/mol. The van der Waals surface area contributed by atoms with Crippen molar-refractivity contribution in [2.24, 2.45) is 4.99 Å². The van der Waals surface area contributed by atoms with E-state index in [1.807, 2.05) is 24.5 Å². The summed E-state index contributed by atoms with van der Waals surface area (Å²) in [5, 5.41) is 6.32. The predicted octanol–water partition coefficient (Wildman–Crippen LogP) is 0.810. The van der Waals surface area contributed by atoms with E-state index in [1.54, 1.807) is 7.05 Å². The van der Waals surface area contributed by atoms with E-state index in [9.17, 15) is 9.59 Å². The lowest BCUT2D eigenvalue weighted by atomic mass is 10.1. The standard InChI is InChI=1S/C15H23N5O2.HI/c1-16-15(17-7-11-19-9-2-3-10-19)18-8-12-20-13(21)5-4-6-14(20)22;/h2-3,9-10H,4-8,11-12H2,1H3,(H2,16,17,18);1H. The van der Waals surface area contributed by atoms with Gasteiger partial charge in [-0.3, -0.25) is 19.5 Å². The minimum absolute atomic E-state index is 0. The van der Waals surface area contributed by atoms with Gasteiger partial charge in [0, 0.05) is 58.5 Å². The molecular weight excluding hydrogens is 409 g/mol. The number of rotatable bonds is 6. The molecule has 0 aliphatic carbocycles. The Morgan fingerprint density at radius 3 is 2.22 bits per heavy atom. The maximum atomic E-state index is 11.7. The Morgan fingerprint density at radius 2 is 1.65 bits per heavy atom. The Hall–Kier alpha value is -1.58. The lowest BCUT2D eigenvalue weighted by Gasteiger charge is -2.25. The summed E-state index contributed by atoms with van der Waals surface area (Å²) >= 11 is 0. The molecular formula is C15H24IN5O2. The van der Waals surface area contributed by atoms with Crippen molar-refractivity contribution >= 4 is 41.8 Å². The number of aromatic nitrogens is 1. The SMILES string of the molecule is CN=C(NCCN1C(=O)CCCC1=O)NCCn1cccc1.I. The van der Waals surface area contributed by atoms with E-state index in [1.165, 1.54) is 4.90 Å². The first-order valence-corrected chi connectivity index (χ1v) is 7.59. The molecule has 0 unspecified atom stereocenters. The van der Waals surface area contributed by atoms with Gasteiger partial charge in [-0.25, -0.2) is 0 Å². The van der Waals surface area contributed by atoms with E-state index in [2.05, 4.69) is 20.2 Å². The van der Waals surface area contributed by atoms with Crippen molar-refractivity contribution < 1.29 is 9.59 Å². The number of imide groups is 1. The van der Waals surface area contributed by atoms with Gasteiger partial charge >= 0.3 is 0 Å². The smallest absolute Gasteiger partial charge is 0.229 e. The van der Waals surface area contributed by atoms with E-state index in [4.69, 9.17) is 0 Å². The van der Waals surface area contributed by atoms with E-state index >= 15 is 0 Å². The van der Waals surface area contributed by atoms with Crippen LogP contribution in [-0.4, -0.2) is 53.9 Å². The molecule has 2 rings (SSSR count). The van der Waals surface area contributed by atoms with Gasteiger partial charge in [0.15, 0.2) is 5.96 Å². The number of nitrogens with zero attached hydrogens (tertiary/aromatic N) is 3. The van der Waals surface area contributed by atoms with Crippen LogP contribution < -0.4 is 10.6 Å². The third kappa shape index (κ3) is 6.20. The van der Waals surface area contributed by atoms with Gasteiger partial charge in [-0.15, -0.1) is 24.0 Å². The second-order valence-electron chi connectivity index (χ2n) is 5.14. The van der Waals surface area contributed by atoms with Crippen molar-refractivity contribution in [2.45, 2.75) is 25.8 Å². The molecule has 7 nitrogen and oxygen atoms in total. The van der Waals surface area contributed by atoms with Gasteiger partial charge in [0.1, 0.15) is 0 Å². The number of nitrogens with one attached hydrogen (secondary N) is 2. The van der Waals surface area contributed by atoms with Gasteiger partial charge in [-0.1, -0.05) is 0 Å². The molecule has 1 aromatic rings. The number of aliphatic imine (C=N–C) groups is 1. The summed E-state index contributed by atoms with van der Waals surface area (Å²) in [5.74, 6) is 0.520. The molecule has 0 aromatic carbocycles. The molecule has 1 fully saturated rings. The summed E-state index contributed by atoms with van der Waals surface area (Å²) in [6.07, 6.45) is 5.62. The summed E-state index contributed by atoms with van der Waals surface area (Å²) < 4.78 is 2.07. The molecule has 23 heavy (non-hydrogen) atoms. The summed E-state index contributed by atoms with van der Waals surface area (Å²) in [4.78, 5) is 28.8. The number of carbonyl (C=O) groups excluding carboxylic acids is 2.